The highest BCUT2D eigenvalue weighted by Crippen LogP contribution is 2.37. The summed E-state index contributed by atoms with van der Waals surface area (Å²) in [5.74, 6) is -0.876. The van der Waals surface area contributed by atoms with Crippen LogP contribution in [0.5, 0.6) is 0 Å². The molecule has 2 heteroatoms. The lowest BCUT2D eigenvalue weighted by Crippen LogP contribution is -2.08. The van der Waals surface area contributed by atoms with Crippen LogP contribution in [0.15, 0.2) is 60.2 Å². The topological polar surface area (TPSA) is 37.3 Å². The zero-order valence-electron chi connectivity index (χ0n) is 13.2. The van der Waals surface area contributed by atoms with Crippen LogP contribution in [-0.2, 0) is 6.42 Å². The molecule has 0 saturated carbocycles. The number of carboxylic acids is 1. The summed E-state index contributed by atoms with van der Waals surface area (Å²) in [5, 5.41) is 9.25. The van der Waals surface area contributed by atoms with Crippen molar-refractivity contribution >= 4 is 11.5 Å². The van der Waals surface area contributed by atoms with Crippen LogP contribution in [0, 0.1) is 0 Å². The highest BCUT2D eigenvalue weighted by Gasteiger charge is 2.20. The lowest BCUT2D eigenvalue weighted by molar-refractivity contribution is 0.0697. The highest BCUT2D eigenvalue weighted by atomic mass is 16.4. The van der Waals surface area contributed by atoms with E-state index in [2.05, 4.69) is 26.5 Å². The van der Waals surface area contributed by atoms with Crippen molar-refractivity contribution in [1.82, 2.24) is 0 Å². The van der Waals surface area contributed by atoms with Gasteiger partial charge in [0, 0.05) is 0 Å². The second-order valence-electron chi connectivity index (χ2n) is 5.48. The molecule has 1 N–H and O–H groups in total. The molecule has 0 heterocycles. The second-order valence-corrected chi connectivity index (χ2v) is 5.48. The number of rotatable bonds is 5. The maximum atomic E-state index is 11.3. The van der Waals surface area contributed by atoms with Gasteiger partial charge in [0.05, 0.1) is 5.56 Å². The van der Waals surface area contributed by atoms with E-state index in [1.807, 2.05) is 24.3 Å². The zero-order valence-corrected chi connectivity index (χ0v) is 13.2. The Balaban J connectivity index is 2.58. The number of hydrogen-bond donors (Lipinski definition) is 1. The van der Waals surface area contributed by atoms with E-state index in [0.29, 0.717) is 5.56 Å². The molecule has 1 aromatic rings. The Morgan fingerprint density at radius 1 is 1.32 bits per heavy atom. The molecule has 0 unspecified atom stereocenters. The van der Waals surface area contributed by atoms with Gasteiger partial charge < -0.3 is 5.11 Å². The van der Waals surface area contributed by atoms with Crippen LogP contribution < -0.4 is 0 Å². The van der Waals surface area contributed by atoms with Gasteiger partial charge >= 0.3 is 5.97 Å². The van der Waals surface area contributed by atoms with Gasteiger partial charge in [0.2, 0.25) is 0 Å². The molecule has 0 amide bonds. The first-order valence-electron chi connectivity index (χ1n) is 7.63. The van der Waals surface area contributed by atoms with Crippen molar-refractivity contribution in [2.24, 2.45) is 0 Å². The molecule has 0 fully saturated rings. The quantitative estimate of drug-likeness (QED) is 0.759. The Bertz CT molecular complexity index is 688. The van der Waals surface area contributed by atoms with E-state index < -0.39 is 5.97 Å². The van der Waals surface area contributed by atoms with Gasteiger partial charge in [-0.25, -0.2) is 4.79 Å². The number of allylic oxidation sites excluding steroid dienone is 7. The number of hydrogen-bond acceptors (Lipinski definition) is 1. The maximum Gasteiger partial charge on any atom is 0.335 e. The molecule has 2 nitrogen and oxygen atoms in total. The predicted octanol–water partition coefficient (Wildman–Crippen LogP) is 5.18. The molecule has 1 aliphatic rings. The monoisotopic (exact) mass is 294 g/mol. The average molecular weight is 294 g/mol. The van der Waals surface area contributed by atoms with Crippen LogP contribution in [-0.4, -0.2) is 11.1 Å². The fraction of sp³-hybridized carbons (Fsp3) is 0.250. The van der Waals surface area contributed by atoms with E-state index in [1.54, 1.807) is 12.1 Å². The van der Waals surface area contributed by atoms with Crippen molar-refractivity contribution in [2.45, 2.75) is 33.1 Å². The molecular formula is C20H22O2. The van der Waals surface area contributed by atoms with Gasteiger partial charge in [0.1, 0.15) is 0 Å². The minimum absolute atomic E-state index is 0.350. The van der Waals surface area contributed by atoms with Crippen LogP contribution in [0.25, 0.3) is 5.57 Å². The van der Waals surface area contributed by atoms with E-state index in [1.165, 1.54) is 22.3 Å². The van der Waals surface area contributed by atoms with Gasteiger partial charge in [0.25, 0.3) is 0 Å². The van der Waals surface area contributed by atoms with Gasteiger partial charge in [-0.1, -0.05) is 49.4 Å². The molecule has 1 aliphatic carbocycles. The van der Waals surface area contributed by atoms with Gasteiger partial charge in [-0.2, -0.15) is 0 Å². The summed E-state index contributed by atoms with van der Waals surface area (Å²) < 4.78 is 0. The molecule has 1 aromatic carbocycles. The van der Waals surface area contributed by atoms with Crippen molar-refractivity contribution in [2.75, 3.05) is 0 Å². The fourth-order valence-corrected chi connectivity index (χ4v) is 2.97. The third-order valence-electron chi connectivity index (χ3n) is 4.09. The summed E-state index contributed by atoms with van der Waals surface area (Å²) in [6.45, 7) is 7.92. The molecule has 0 spiro atoms. The number of benzene rings is 1. The van der Waals surface area contributed by atoms with E-state index in [4.69, 9.17) is 0 Å². The Morgan fingerprint density at radius 2 is 2.09 bits per heavy atom. The van der Waals surface area contributed by atoms with Gasteiger partial charge in [-0.3, -0.25) is 0 Å². The van der Waals surface area contributed by atoms with Crippen molar-refractivity contribution in [1.29, 1.82) is 0 Å². The third-order valence-corrected chi connectivity index (χ3v) is 4.09. The first-order valence-corrected chi connectivity index (χ1v) is 7.63. The summed E-state index contributed by atoms with van der Waals surface area (Å²) >= 11 is 0. The second kappa shape index (κ2) is 7.08. The molecule has 0 saturated heterocycles. The summed E-state index contributed by atoms with van der Waals surface area (Å²) in [6.07, 6.45) is 10.7. The number of fused-ring (bicyclic) bond motifs is 1. The molecule has 114 valence electrons. The molecule has 0 aromatic heterocycles. The standard InChI is InChI=1S/C20H22O2/c1-4-6-7-8-14(3)19-15(5-2)9-10-16-11-12-17(20(21)22)13-18(16)19/h4,6-8,11-13H,1,5,9-10H2,2-3H3,(H,21,22)/b7-6-,14-8+. The first-order chi connectivity index (χ1) is 10.6. The number of aromatic carboxylic acids is 1. The number of carboxylic acid groups (broad SMARTS) is 1. The van der Waals surface area contributed by atoms with Gasteiger partial charge in [-0.15, -0.1) is 0 Å². The zero-order chi connectivity index (χ0) is 16.1. The Labute approximate surface area is 132 Å². The van der Waals surface area contributed by atoms with Crippen molar-refractivity contribution in [3.63, 3.8) is 0 Å². The largest absolute Gasteiger partial charge is 0.478 e. The van der Waals surface area contributed by atoms with E-state index in [9.17, 15) is 9.90 Å². The lowest BCUT2D eigenvalue weighted by Gasteiger charge is -2.24. The molecule has 0 atom stereocenters. The van der Waals surface area contributed by atoms with Crippen molar-refractivity contribution < 1.29 is 9.90 Å². The molecule has 22 heavy (non-hydrogen) atoms. The van der Waals surface area contributed by atoms with Gasteiger partial charge in [0.15, 0.2) is 0 Å². The maximum absolute atomic E-state index is 11.3. The van der Waals surface area contributed by atoms with Crippen molar-refractivity contribution in [3.8, 4) is 0 Å². The minimum atomic E-state index is -0.876. The molecule has 0 radical (unpaired) electrons. The van der Waals surface area contributed by atoms with Crippen LogP contribution in [0.2, 0.25) is 0 Å². The van der Waals surface area contributed by atoms with Crippen LogP contribution >= 0.6 is 0 Å². The lowest BCUT2D eigenvalue weighted by atomic mass is 9.80. The summed E-state index contributed by atoms with van der Waals surface area (Å²) in [4.78, 5) is 11.3. The normalized spacial score (nSPS) is 15.1. The SMILES string of the molecule is C=C/C=C\C=C(/C)C1=C(CC)CCc2ccc(C(=O)O)cc21. The van der Waals surface area contributed by atoms with Crippen LogP contribution in [0.4, 0.5) is 0 Å². The van der Waals surface area contributed by atoms with Crippen LogP contribution in [0.1, 0.15) is 48.2 Å². The van der Waals surface area contributed by atoms with E-state index in [-0.39, 0.29) is 0 Å². The Hall–Kier alpha value is -2.35. The summed E-state index contributed by atoms with van der Waals surface area (Å²) in [6, 6.07) is 5.47. The highest BCUT2D eigenvalue weighted by molar-refractivity contribution is 5.92. The Morgan fingerprint density at radius 3 is 2.73 bits per heavy atom. The summed E-state index contributed by atoms with van der Waals surface area (Å²) in [5.41, 5.74) is 6.43. The smallest absolute Gasteiger partial charge is 0.335 e. The first kappa shape index (κ1) is 16.0. The number of aryl methyl sites for hydroxylation is 1. The minimum Gasteiger partial charge on any atom is -0.478 e. The van der Waals surface area contributed by atoms with E-state index in [0.717, 1.165) is 24.8 Å². The summed E-state index contributed by atoms with van der Waals surface area (Å²) in [7, 11) is 0. The predicted molar refractivity (Wildman–Crippen MR) is 92.0 cm³/mol. The molecular weight excluding hydrogens is 272 g/mol. The molecule has 0 bridgehead atoms. The third kappa shape index (κ3) is 3.28. The molecule has 2 rings (SSSR count). The fourth-order valence-electron chi connectivity index (χ4n) is 2.97. The van der Waals surface area contributed by atoms with E-state index >= 15 is 0 Å². The van der Waals surface area contributed by atoms with Crippen molar-refractivity contribution in [3.05, 3.63) is 76.9 Å². The van der Waals surface area contributed by atoms with Gasteiger partial charge in [-0.05, 0) is 60.6 Å². The number of carbonyl (C=O) groups is 1. The molecule has 0 aliphatic heterocycles. The van der Waals surface area contributed by atoms with Crippen LogP contribution in [0.3, 0.4) is 0 Å². The Kier molecular flexibility index (Phi) is 5.16. The average Bonchev–Trinajstić information content (AvgIpc) is 2.53.